The molecule has 2 aromatic rings. The van der Waals surface area contributed by atoms with Crippen molar-refractivity contribution >= 4 is 33.5 Å². The van der Waals surface area contributed by atoms with E-state index in [2.05, 4.69) is 36.9 Å². The first-order valence-electron chi connectivity index (χ1n) is 9.01. The zero-order valence-electron chi connectivity index (χ0n) is 14.7. The van der Waals surface area contributed by atoms with Gasteiger partial charge in [-0.1, -0.05) is 6.07 Å². The summed E-state index contributed by atoms with van der Waals surface area (Å²) in [6.45, 7) is 4.58. The van der Waals surface area contributed by atoms with Crippen LogP contribution in [0, 0.1) is 0 Å². The lowest BCUT2D eigenvalue weighted by atomic mass is 9.80. The van der Waals surface area contributed by atoms with Crippen LogP contribution in [0.1, 0.15) is 15.9 Å². The van der Waals surface area contributed by atoms with Crippen molar-refractivity contribution in [3.63, 3.8) is 0 Å². The Morgan fingerprint density at radius 1 is 1.11 bits per heavy atom. The minimum Gasteiger partial charge on any atom is -0.379 e. The van der Waals surface area contributed by atoms with E-state index in [0.29, 0.717) is 51.0 Å². The number of ether oxygens (including phenoxy) is 2. The van der Waals surface area contributed by atoms with E-state index in [1.807, 2.05) is 17.0 Å². The van der Waals surface area contributed by atoms with Gasteiger partial charge >= 0.3 is 0 Å². The van der Waals surface area contributed by atoms with Crippen molar-refractivity contribution in [2.24, 2.45) is 0 Å². The van der Waals surface area contributed by atoms with Crippen molar-refractivity contribution in [2.45, 2.75) is 5.41 Å². The molecule has 0 bridgehead atoms. The Kier molecular flexibility index (Phi) is 4.14. The van der Waals surface area contributed by atoms with Crippen molar-refractivity contribution in [3.8, 4) is 0 Å². The molecule has 27 heavy (non-hydrogen) atoms. The molecule has 0 N–H and O–H groups in total. The van der Waals surface area contributed by atoms with E-state index in [0.717, 1.165) is 16.7 Å². The van der Waals surface area contributed by atoms with E-state index < -0.39 is 0 Å². The molecule has 8 heteroatoms. The number of hydrogen-bond acceptors (Lipinski definition) is 6. The lowest BCUT2D eigenvalue weighted by Gasteiger charge is -2.38. The number of halogens is 1. The monoisotopic (exact) mass is 430 g/mol. The average Bonchev–Trinajstić information content (AvgIpc) is 3.04. The summed E-state index contributed by atoms with van der Waals surface area (Å²) in [5.74, 6) is 0.683. The molecule has 2 saturated heterocycles. The van der Waals surface area contributed by atoms with E-state index in [1.54, 1.807) is 12.4 Å². The molecule has 3 aliphatic heterocycles. The van der Waals surface area contributed by atoms with Gasteiger partial charge in [-0.15, -0.1) is 0 Å². The summed E-state index contributed by atoms with van der Waals surface area (Å²) < 4.78 is 11.7. The minimum absolute atomic E-state index is 0.0354. The lowest BCUT2D eigenvalue weighted by Crippen LogP contribution is -2.49. The molecule has 0 unspecified atom stereocenters. The zero-order valence-corrected chi connectivity index (χ0v) is 16.3. The predicted octanol–water partition coefficient (Wildman–Crippen LogP) is 2.13. The van der Waals surface area contributed by atoms with Gasteiger partial charge in [-0.25, -0.2) is 9.97 Å². The molecule has 0 atom stereocenters. The van der Waals surface area contributed by atoms with Gasteiger partial charge in [0.25, 0.3) is 5.91 Å². The number of nitrogens with zero attached hydrogens (tertiary/aromatic N) is 4. The zero-order chi connectivity index (χ0) is 18.4. The van der Waals surface area contributed by atoms with Crippen LogP contribution < -0.4 is 4.90 Å². The molecule has 7 nitrogen and oxygen atoms in total. The van der Waals surface area contributed by atoms with E-state index in [4.69, 9.17) is 9.47 Å². The fraction of sp³-hybridized carbons (Fsp3) is 0.421. The van der Waals surface area contributed by atoms with Crippen molar-refractivity contribution in [3.05, 3.63) is 46.2 Å². The molecule has 1 aromatic heterocycles. The van der Waals surface area contributed by atoms with Crippen LogP contribution in [-0.4, -0.2) is 66.8 Å². The number of aromatic nitrogens is 2. The van der Waals surface area contributed by atoms with Gasteiger partial charge in [-0.2, -0.15) is 0 Å². The predicted molar refractivity (Wildman–Crippen MR) is 102 cm³/mol. The van der Waals surface area contributed by atoms with E-state index in [1.165, 1.54) is 5.56 Å². The fourth-order valence-corrected chi connectivity index (χ4v) is 4.18. The van der Waals surface area contributed by atoms with E-state index in [-0.39, 0.29) is 11.3 Å². The number of morpholine rings is 1. The Bertz CT molecular complexity index is 879. The van der Waals surface area contributed by atoms with Crippen LogP contribution in [-0.2, 0) is 14.9 Å². The first-order valence-corrected chi connectivity index (χ1v) is 9.80. The maximum Gasteiger partial charge on any atom is 0.254 e. The van der Waals surface area contributed by atoms with Crippen molar-refractivity contribution in [1.29, 1.82) is 0 Å². The first-order chi connectivity index (χ1) is 13.2. The summed E-state index contributed by atoms with van der Waals surface area (Å²) in [5.41, 5.74) is 2.86. The molecule has 2 fully saturated rings. The second-order valence-electron chi connectivity index (χ2n) is 7.20. The molecule has 140 valence electrons. The Morgan fingerprint density at radius 3 is 2.52 bits per heavy atom. The number of benzene rings is 1. The van der Waals surface area contributed by atoms with Gasteiger partial charge in [-0.3, -0.25) is 4.79 Å². The molecule has 3 aliphatic rings. The highest BCUT2D eigenvalue weighted by Crippen LogP contribution is 2.47. The van der Waals surface area contributed by atoms with Gasteiger partial charge in [-0.05, 0) is 33.6 Å². The molecule has 1 spiro atoms. The minimum atomic E-state index is -0.0354. The second-order valence-corrected chi connectivity index (χ2v) is 8.11. The Morgan fingerprint density at radius 2 is 1.85 bits per heavy atom. The van der Waals surface area contributed by atoms with Gasteiger partial charge in [0.05, 0.1) is 36.3 Å². The standard InChI is InChI=1S/C19H19BrN4O3/c20-14-8-21-18(22-9-14)24-10-19(11-27-12-19)15-2-1-13(7-16(15)24)17(25)23-3-5-26-6-4-23/h1-2,7-9H,3-6,10-12H2. The van der Waals surface area contributed by atoms with Crippen LogP contribution in [0.4, 0.5) is 11.6 Å². The molecule has 4 heterocycles. The highest BCUT2D eigenvalue weighted by atomic mass is 79.9. The summed E-state index contributed by atoms with van der Waals surface area (Å²) in [7, 11) is 0. The summed E-state index contributed by atoms with van der Waals surface area (Å²) >= 11 is 3.38. The summed E-state index contributed by atoms with van der Waals surface area (Å²) in [6, 6.07) is 5.98. The molecule has 0 radical (unpaired) electrons. The maximum atomic E-state index is 12.9. The molecular weight excluding hydrogens is 412 g/mol. The van der Waals surface area contributed by atoms with Gasteiger partial charge < -0.3 is 19.3 Å². The number of hydrogen-bond donors (Lipinski definition) is 0. The Balaban J connectivity index is 1.53. The summed E-state index contributed by atoms with van der Waals surface area (Å²) in [5, 5.41) is 0. The molecule has 5 rings (SSSR count). The van der Waals surface area contributed by atoms with E-state index in [9.17, 15) is 4.79 Å². The fourth-order valence-electron chi connectivity index (χ4n) is 3.98. The second kappa shape index (κ2) is 6.54. The topological polar surface area (TPSA) is 67.8 Å². The molecular formula is C19H19BrN4O3. The summed E-state index contributed by atoms with van der Waals surface area (Å²) in [6.07, 6.45) is 3.49. The maximum absolute atomic E-state index is 12.9. The molecule has 0 aliphatic carbocycles. The van der Waals surface area contributed by atoms with Crippen LogP contribution in [0.3, 0.4) is 0 Å². The van der Waals surface area contributed by atoms with Crippen LogP contribution in [0.5, 0.6) is 0 Å². The van der Waals surface area contributed by atoms with Gasteiger partial charge in [0.1, 0.15) is 0 Å². The van der Waals surface area contributed by atoms with Gasteiger partial charge in [0.2, 0.25) is 5.95 Å². The largest absolute Gasteiger partial charge is 0.379 e. The number of amides is 1. The third kappa shape index (κ3) is 2.83. The Labute approximate surface area is 165 Å². The molecule has 1 aromatic carbocycles. The van der Waals surface area contributed by atoms with Crippen LogP contribution in [0.15, 0.2) is 35.1 Å². The van der Waals surface area contributed by atoms with Gasteiger partial charge in [0, 0.05) is 43.3 Å². The van der Waals surface area contributed by atoms with Crippen LogP contribution in [0.2, 0.25) is 0 Å². The number of anilines is 2. The SMILES string of the molecule is O=C(c1ccc2c(c1)N(c1ncc(Br)cn1)CC21COC1)N1CCOCC1. The number of carbonyl (C=O) groups is 1. The highest BCUT2D eigenvalue weighted by molar-refractivity contribution is 9.10. The lowest BCUT2D eigenvalue weighted by molar-refractivity contribution is -0.0507. The normalized spacial score (nSPS) is 20.5. The van der Waals surface area contributed by atoms with Crippen molar-refractivity contribution in [1.82, 2.24) is 14.9 Å². The molecule has 0 saturated carbocycles. The molecule has 1 amide bonds. The number of rotatable bonds is 2. The number of carbonyl (C=O) groups excluding carboxylic acids is 1. The van der Waals surface area contributed by atoms with Crippen molar-refractivity contribution < 1.29 is 14.3 Å². The average molecular weight is 431 g/mol. The third-order valence-electron chi connectivity index (χ3n) is 5.47. The van der Waals surface area contributed by atoms with E-state index >= 15 is 0 Å². The Hall–Kier alpha value is -2.03. The van der Waals surface area contributed by atoms with Crippen molar-refractivity contribution in [2.75, 3.05) is 51.0 Å². The van der Waals surface area contributed by atoms with Gasteiger partial charge in [0.15, 0.2) is 0 Å². The quantitative estimate of drug-likeness (QED) is 0.726. The third-order valence-corrected chi connectivity index (χ3v) is 5.88. The number of fused-ring (bicyclic) bond motifs is 2. The smallest absolute Gasteiger partial charge is 0.254 e. The highest BCUT2D eigenvalue weighted by Gasteiger charge is 2.49. The van der Waals surface area contributed by atoms with Crippen LogP contribution >= 0.6 is 15.9 Å². The summed E-state index contributed by atoms with van der Waals surface area (Å²) in [4.78, 5) is 25.8. The first kappa shape index (κ1) is 17.1. The van der Waals surface area contributed by atoms with Crippen LogP contribution in [0.25, 0.3) is 0 Å².